The molecular weight excluding hydrogens is 383 g/mol. The maximum atomic E-state index is 13.3. The van der Waals surface area contributed by atoms with Crippen molar-refractivity contribution >= 4 is 28.0 Å². The lowest BCUT2D eigenvalue weighted by Gasteiger charge is -2.08. The molecule has 4 aromatic rings. The Labute approximate surface area is 163 Å². The molecule has 0 aliphatic heterocycles. The molecule has 7 nitrogen and oxygen atoms in total. The molecule has 142 valence electrons. The summed E-state index contributed by atoms with van der Waals surface area (Å²) in [6.45, 7) is 0. The van der Waals surface area contributed by atoms with Crippen molar-refractivity contribution < 1.29 is 18.7 Å². The predicted octanol–water partition coefficient (Wildman–Crippen LogP) is 3.87. The van der Waals surface area contributed by atoms with Crippen molar-refractivity contribution in [2.75, 3.05) is 19.5 Å². The van der Waals surface area contributed by atoms with Crippen molar-refractivity contribution in [2.45, 2.75) is 0 Å². The molecule has 0 bridgehead atoms. The van der Waals surface area contributed by atoms with Gasteiger partial charge in [-0.2, -0.15) is 0 Å². The highest BCUT2D eigenvalue weighted by Crippen LogP contribution is 2.35. The van der Waals surface area contributed by atoms with Crippen molar-refractivity contribution in [3.8, 4) is 22.8 Å². The fourth-order valence-corrected chi connectivity index (χ4v) is 3.41. The minimum Gasteiger partial charge on any atom is -0.497 e. The van der Waals surface area contributed by atoms with Gasteiger partial charge in [-0.1, -0.05) is 0 Å². The first-order chi connectivity index (χ1) is 13.6. The number of carbonyl (C=O) groups excluding carboxylic acids is 1. The Morgan fingerprint density at radius 3 is 2.79 bits per heavy atom. The first-order valence-electron chi connectivity index (χ1n) is 8.21. The zero-order chi connectivity index (χ0) is 19.7. The van der Waals surface area contributed by atoms with E-state index in [1.807, 2.05) is 11.4 Å². The lowest BCUT2D eigenvalue weighted by atomic mass is 10.1. The van der Waals surface area contributed by atoms with Crippen LogP contribution in [0.15, 0.2) is 48.1 Å². The number of anilines is 1. The number of nitrogens with zero attached hydrogens (tertiary/aromatic N) is 3. The minimum atomic E-state index is -0.428. The normalized spacial score (nSPS) is 10.8. The van der Waals surface area contributed by atoms with E-state index in [9.17, 15) is 9.18 Å². The molecule has 3 aromatic heterocycles. The van der Waals surface area contributed by atoms with Crippen LogP contribution in [-0.2, 0) is 0 Å². The van der Waals surface area contributed by atoms with Crippen molar-refractivity contribution in [2.24, 2.45) is 0 Å². The second-order valence-corrected chi connectivity index (χ2v) is 6.66. The van der Waals surface area contributed by atoms with E-state index in [0.717, 1.165) is 5.56 Å². The third-order valence-electron chi connectivity index (χ3n) is 4.05. The highest BCUT2D eigenvalue weighted by molar-refractivity contribution is 7.14. The number of thiazole rings is 1. The molecule has 1 amide bonds. The molecule has 0 saturated carbocycles. The first kappa shape index (κ1) is 17.9. The largest absolute Gasteiger partial charge is 0.497 e. The Morgan fingerprint density at radius 1 is 1.14 bits per heavy atom. The molecule has 28 heavy (non-hydrogen) atoms. The molecule has 1 N–H and O–H groups in total. The smallest absolute Gasteiger partial charge is 0.277 e. The van der Waals surface area contributed by atoms with Gasteiger partial charge >= 0.3 is 0 Å². The van der Waals surface area contributed by atoms with Gasteiger partial charge in [0.15, 0.2) is 5.13 Å². The summed E-state index contributed by atoms with van der Waals surface area (Å²) in [5, 5.41) is 4.94. The van der Waals surface area contributed by atoms with E-state index in [2.05, 4.69) is 15.3 Å². The van der Waals surface area contributed by atoms with E-state index >= 15 is 0 Å². The first-order valence-corrected chi connectivity index (χ1v) is 9.09. The Hall–Kier alpha value is -3.46. The number of hydrogen-bond acceptors (Lipinski definition) is 6. The molecule has 0 atom stereocenters. The maximum Gasteiger partial charge on any atom is 0.277 e. The second kappa shape index (κ2) is 7.28. The van der Waals surface area contributed by atoms with Crippen molar-refractivity contribution in [1.82, 2.24) is 14.4 Å². The Kier molecular flexibility index (Phi) is 4.66. The molecule has 9 heteroatoms. The average Bonchev–Trinajstić information content (AvgIpc) is 3.34. The number of pyridine rings is 1. The number of hydrogen-bond donors (Lipinski definition) is 1. The van der Waals surface area contributed by atoms with Gasteiger partial charge in [0.25, 0.3) is 5.91 Å². The molecule has 0 aliphatic rings. The van der Waals surface area contributed by atoms with E-state index < -0.39 is 11.7 Å². The average molecular weight is 398 g/mol. The third kappa shape index (κ3) is 3.39. The van der Waals surface area contributed by atoms with Crippen molar-refractivity contribution in [3.63, 3.8) is 0 Å². The van der Waals surface area contributed by atoms with Crippen LogP contribution in [0.5, 0.6) is 11.5 Å². The zero-order valence-electron chi connectivity index (χ0n) is 15.0. The van der Waals surface area contributed by atoms with E-state index in [4.69, 9.17) is 9.47 Å². The third-order valence-corrected chi connectivity index (χ3v) is 4.81. The number of nitrogens with one attached hydrogen (secondary N) is 1. The summed E-state index contributed by atoms with van der Waals surface area (Å²) in [4.78, 5) is 21.1. The fourth-order valence-electron chi connectivity index (χ4n) is 2.70. The molecule has 0 aliphatic carbocycles. The lowest BCUT2D eigenvalue weighted by molar-refractivity contribution is 0.102. The SMILES string of the molecule is COc1ccc(OC)c(-c2csc(NC(=O)c3cn4cc(F)ccc4n3)n2)c1. The topological polar surface area (TPSA) is 77.8 Å². The van der Waals surface area contributed by atoms with Gasteiger partial charge in [-0.25, -0.2) is 14.4 Å². The molecule has 0 unspecified atom stereocenters. The second-order valence-electron chi connectivity index (χ2n) is 5.80. The zero-order valence-corrected chi connectivity index (χ0v) is 15.8. The number of amides is 1. The number of rotatable bonds is 5. The van der Waals surface area contributed by atoms with Crippen LogP contribution < -0.4 is 14.8 Å². The highest BCUT2D eigenvalue weighted by Gasteiger charge is 2.16. The molecule has 0 spiro atoms. The predicted molar refractivity (Wildman–Crippen MR) is 104 cm³/mol. The fraction of sp³-hybridized carbons (Fsp3) is 0.105. The quantitative estimate of drug-likeness (QED) is 0.552. The van der Waals surface area contributed by atoms with Gasteiger partial charge in [0, 0.05) is 23.3 Å². The van der Waals surface area contributed by atoms with Gasteiger partial charge in [-0.3, -0.25) is 10.1 Å². The summed E-state index contributed by atoms with van der Waals surface area (Å²) in [6, 6.07) is 8.20. The summed E-state index contributed by atoms with van der Waals surface area (Å²) in [6.07, 6.45) is 2.73. The van der Waals surface area contributed by atoms with E-state index in [1.165, 1.54) is 40.3 Å². The van der Waals surface area contributed by atoms with Crippen LogP contribution in [0.25, 0.3) is 16.9 Å². The molecule has 1 aromatic carbocycles. The number of halogens is 1. The van der Waals surface area contributed by atoms with Crippen LogP contribution in [0.3, 0.4) is 0 Å². The Morgan fingerprint density at radius 2 is 2.00 bits per heavy atom. The van der Waals surface area contributed by atoms with Crippen molar-refractivity contribution in [3.05, 3.63) is 59.6 Å². The molecule has 4 rings (SSSR count). The maximum absolute atomic E-state index is 13.3. The van der Waals surface area contributed by atoms with Crippen LogP contribution in [0.1, 0.15) is 10.5 Å². The summed E-state index contributed by atoms with van der Waals surface area (Å²) in [7, 11) is 3.16. The van der Waals surface area contributed by atoms with Gasteiger partial charge in [0.2, 0.25) is 0 Å². The van der Waals surface area contributed by atoms with E-state index in [-0.39, 0.29) is 5.69 Å². The van der Waals surface area contributed by atoms with Crippen LogP contribution >= 0.6 is 11.3 Å². The summed E-state index contributed by atoms with van der Waals surface area (Å²) in [5.41, 5.74) is 2.05. The molecular formula is C19H15FN4O3S. The number of fused-ring (bicyclic) bond motifs is 1. The number of benzene rings is 1. The van der Waals surface area contributed by atoms with Crippen molar-refractivity contribution in [1.29, 1.82) is 0 Å². The summed E-state index contributed by atoms with van der Waals surface area (Å²) in [5.74, 6) is 0.481. The Balaban J connectivity index is 1.58. The molecule has 0 radical (unpaired) electrons. The van der Waals surface area contributed by atoms with Crippen LogP contribution in [0, 0.1) is 5.82 Å². The molecule has 3 heterocycles. The molecule has 0 saturated heterocycles. The Bertz CT molecular complexity index is 1170. The number of aromatic nitrogens is 3. The number of ether oxygens (including phenoxy) is 2. The lowest BCUT2D eigenvalue weighted by Crippen LogP contribution is -2.12. The highest BCUT2D eigenvalue weighted by atomic mass is 32.1. The minimum absolute atomic E-state index is 0.168. The summed E-state index contributed by atoms with van der Waals surface area (Å²) >= 11 is 1.28. The standard InChI is InChI=1S/C19H15FN4O3S/c1-26-12-4-5-16(27-2)13(7-12)15-10-28-19(22-15)23-18(25)14-9-24-8-11(20)3-6-17(24)21-14/h3-10H,1-2H3,(H,22,23,25). The van der Waals surface area contributed by atoms with E-state index in [1.54, 1.807) is 26.4 Å². The molecule has 0 fully saturated rings. The van der Waals surface area contributed by atoms with Gasteiger partial charge < -0.3 is 13.9 Å². The number of imidazole rings is 1. The summed E-state index contributed by atoms with van der Waals surface area (Å²) < 4.78 is 25.4. The monoisotopic (exact) mass is 398 g/mol. The van der Waals surface area contributed by atoms with Gasteiger partial charge in [-0.05, 0) is 30.3 Å². The van der Waals surface area contributed by atoms with Crippen LogP contribution in [0.4, 0.5) is 9.52 Å². The van der Waals surface area contributed by atoms with Gasteiger partial charge in [0.1, 0.15) is 28.7 Å². The van der Waals surface area contributed by atoms with Crippen LogP contribution in [0.2, 0.25) is 0 Å². The van der Waals surface area contributed by atoms with Crippen LogP contribution in [-0.4, -0.2) is 34.5 Å². The van der Waals surface area contributed by atoms with E-state index in [0.29, 0.717) is 28.0 Å². The van der Waals surface area contributed by atoms with Gasteiger partial charge in [-0.15, -0.1) is 11.3 Å². The van der Waals surface area contributed by atoms with Gasteiger partial charge in [0.05, 0.1) is 19.9 Å². The number of carbonyl (C=O) groups is 1. The number of methoxy groups -OCH3 is 2.